The van der Waals surface area contributed by atoms with E-state index in [0.717, 1.165) is 34.1 Å². The van der Waals surface area contributed by atoms with E-state index in [1.54, 1.807) is 0 Å². The molecule has 3 rings (SSSR count). The molecule has 3 N–H and O–H groups in total. The molecule has 112 valence electrons. The van der Waals surface area contributed by atoms with E-state index in [2.05, 4.69) is 17.9 Å². The van der Waals surface area contributed by atoms with Crippen molar-refractivity contribution < 1.29 is 5.11 Å². The lowest BCUT2D eigenvalue weighted by atomic mass is 9.99. The molecule has 1 saturated heterocycles. The summed E-state index contributed by atoms with van der Waals surface area (Å²) < 4.78 is 0. The molecule has 3 nitrogen and oxygen atoms in total. The first kappa shape index (κ1) is 14.7. The van der Waals surface area contributed by atoms with Crippen LogP contribution in [0.1, 0.15) is 20.3 Å². The van der Waals surface area contributed by atoms with Gasteiger partial charge in [-0.15, -0.1) is 11.3 Å². The second-order valence-electron chi connectivity index (χ2n) is 5.84. The average Bonchev–Trinajstić information content (AvgIpc) is 2.95. The predicted molar refractivity (Wildman–Crippen MR) is 91.2 cm³/mol. The Kier molecular flexibility index (Phi) is 3.64. The number of nitrogen functional groups attached to an aromatic ring is 1. The SMILES string of the molecule is C[C@@H]1N(c2ccc(-c3ccc(N)s3)c(Cl)c2)CC[C@]1(C)O. The second-order valence-corrected chi connectivity index (χ2v) is 7.37. The molecule has 1 aromatic heterocycles. The fraction of sp³-hybridized carbons (Fsp3) is 0.375. The van der Waals surface area contributed by atoms with E-state index in [-0.39, 0.29) is 6.04 Å². The molecule has 0 radical (unpaired) electrons. The Morgan fingerprint density at radius 3 is 2.67 bits per heavy atom. The Labute approximate surface area is 134 Å². The lowest BCUT2D eigenvalue weighted by Gasteiger charge is -2.30. The summed E-state index contributed by atoms with van der Waals surface area (Å²) in [6.45, 7) is 4.78. The van der Waals surface area contributed by atoms with Crippen molar-refractivity contribution in [3.63, 3.8) is 0 Å². The van der Waals surface area contributed by atoms with Crippen molar-refractivity contribution in [2.45, 2.75) is 31.9 Å². The highest BCUT2D eigenvalue weighted by Gasteiger charge is 2.39. The normalized spacial score (nSPS) is 25.5. The van der Waals surface area contributed by atoms with Crippen LogP contribution >= 0.6 is 22.9 Å². The third kappa shape index (κ3) is 2.63. The maximum atomic E-state index is 10.3. The molecule has 0 bridgehead atoms. The van der Waals surface area contributed by atoms with Crippen LogP contribution in [0.15, 0.2) is 30.3 Å². The number of halogens is 1. The third-order valence-electron chi connectivity index (χ3n) is 4.40. The fourth-order valence-electron chi connectivity index (χ4n) is 2.82. The molecule has 5 heteroatoms. The summed E-state index contributed by atoms with van der Waals surface area (Å²) in [5.74, 6) is 0. The van der Waals surface area contributed by atoms with Gasteiger partial charge in [0.15, 0.2) is 0 Å². The number of benzene rings is 1. The second kappa shape index (κ2) is 5.20. The zero-order valence-electron chi connectivity index (χ0n) is 12.1. The highest BCUT2D eigenvalue weighted by molar-refractivity contribution is 7.19. The van der Waals surface area contributed by atoms with E-state index >= 15 is 0 Å². The molecule has 2 atom stereocenters. The maximum Gasteiger partial charge on any atom is 0.0862 e. The van der Waals surface area contributed by atoms with Crippen molar-refractivity contribution in [1.29, 1.82) is 0 Å². The van der Waals surface area contributed by atoms with Gasteiger partial charge in [-0.25, -0.2) is 0 Å². The summed E-state index contributed by atoms with van der Waals surface area (Å²) in [5, 5.41) is 11.8. The summed E-state index contributed by atoms with van der Waals surface area (Å²) in [5.41, 5.74) is 7.19. The highest BCUT2D eigenvalue weighted by Crippen LogP contribution is 2.39. The van der Waals surface area contributed by atoms with Crippen LogP contribution in [0.2, 0.25) is 5.02 Å². The van der Waals surface area contributed by atoms with Crippen molar-refractivity contribution in [3.8, 4) is 10.4 Å². The Balaban J connectivity index is 1.92. The van der Waals surface area contributed by atoms with Gasteiger partial charge in [-0.1, -0.05) is 17.7 Å². The largest absolute Gasteiger partial charge is 0.391 e. The van der Waals surface area contributed by atoms with Gasteiger partial charge in [0.25, 0.3) is 0 Å². The molecule has 2 heterocycles. The monoisotopic (exact) mass is 322 g/mol. The zero-order valence-corrected chi connectivity index (χ0v) is 13.7. The minimum atomic E-state index is -0.645. The first-order valence-corrected chi connectivity index (χ1v) is 8.22. The van der Waals surface area contributed by atoms with Gasteiger partial charge in [-0.3, -0.25) is 0 Å². The van der Waals surface area contributed by atoms with E-state index < -0.39 is 5.60 Å². The van der Waals surface area contributed by atoms with Crippen LogP contribution in [-0.2, 0) is 0 Å². The van der Waals surface area contributed by atoms with Crippen LogP contribution in [-0.4, -0.2) is 23.3 Å². The molecule has 0 spiro atoms. The number of thiophene rings is 1. The summed E-state index contributed by atoms with van der Waals surface area (Å²) in [6.07, 6.45) is 0.773. The van der Waals surface area contributed by atoms with Gasteiger partial charge in [0.05, 0.1) is 21.7 Å². The molecule has 1 fully saturated rings. The molecule has 0 amide bonds. The Morgan fingerprint density at radius 1 is 1.38 bits per heavy atom. The maximum absolute atomic E-state index is 10.3. The Hall–Kier alpha value is -1.23. The first-order chi connectivity index (χ1) is 9.88. The predicted octanol–water partition coefficient (Wildman–Crippen LogP) is 4.00. The van der Waals surface area contributed by atoms with Crippen LogP contribution in [0.5, 0.6) is 0 Å². The lowest BCUT2D eigenvalue weighted by Crippen LogP contribution is -2.40. The van der Waals surface area contributed by atoms with Crippen molar-refractivity contribution in [1.82, 2.24) is 0 Å². The van der Waals surface area contributed by atoms with Crippen LogP contribution < -0.4 is 10.6 Å². The number of anilines is 2. The Bertz CT molecular complexity index is 668. The van der Waals surface area contributed by atoms with Crippen LogP contribution in [0.4, 0.5) is 10.7 Å². The smallest absolute Gasteiger partial charge is 0.0862 e. The van der Waals surface area contributed by atoms with Gasteiger partial charge >= 0.3 is 0 Å². The molecule has 0 unspecified atom stereocenters. The van der Waals surface area contributed by atoms with E-state index in [1.165, 1.54) is 11.3 Å². The fourth-order valence-corrected chi connectivity index (χ4v) is 3.96. The van der Waals surface area contributed by atoms with E-state index in [0.29, 0.717) is 5.02 Å². The summed E-state index contributed by atoms with van der Waals surface area (Å²) in [6, 6.07) is 10.0. The minimum absolute atomic E-state index is 0.0804. The molecular formula is C16H19ClN2OS. The quantitative estimate of drug-likeness (QED) is 0.878. The van der Waals surface area contributed by atoms with Crippen LogP contribution in [0.3, 0.4) is 0 Å². The summed E-state index contributed by atoms with van der Waals surface area (Å²) in [4.78, 5) is 3.28. The molecule has 1 aromatic carbocycles. The molecule has 1 aliphatic rings. The number of nitrogens with two attached hydrogens (primary N) is 1. The Morgan fingerprint density at radius 2 is 2.14 bits per heavy atom. The lowest BCUT2D eigenvalue weighted by molar-refractivity contribution is 0.0566. The van der Waals surface area contributed by atoms with Gasteiger partial charge in [-0.2, -0.15) is 0 Å². The number of aliphatic hydroxyl groups is 1. The first-order valence-electron chi connectivity index (χ1n) is 7.03. The van der Waals surface area contributed by atoms with Gasteiger partial charge in [0.1, 0.15) is 0 Å². The number of hydrogen-bond donors (Lipinski definition) is 2. The molecule has 1 aliphatic heterocycles. The van der Waals surface area contributed by atoms with E-state index in [9.17, 15) is 5.11 Å². The van der Waals surface area contributed by atoms with Gasteiger partial charge in [0.2, 0.25) is 0 Å². The van der Waals surface area contributed by atoms with Crippen LogP contribution in [0, 0.1) is 0 Å². The molecule has 21 heavy (non-hydrogen) atoms. The number of hydrogen-bond acceptors (Lipinski definition) is 4. The number of nitrogens with zero attached hydrogens (tertiary/aromatic N) is 1. The van der Waals surface area contributed by atoms with E-state index in [4.69, 9.17) is 17.3 Å². The van der Waals surface area contributed by atoms with Gasteiger partial charge in [-0.05, 0) is 44.5 Å². The topological polar surface area (TPSA) is 49.5 Å². The zero-order chi connectivity index (χ0) is 15.2. The standard InChI is InChI=1S/C16H19ClN2OS/c1-10-16(2,20)7-8-19(10)11-3-4-12(13(17)9-11)14-5-6-15(18)21-14/h3-6,9-10,20H,7-8,18H2,1-2H3/t10-,16-/m0/s1. The number of rotatable bonds is 2. The van der Waals surface area contributed by atoms with E-state index in [1.807, 2.05) is 31.2 Å². The molecular weight excluding hydrogens is 304 g/mol. The van der Waals surface area contributed by atoms with Gasteiger partial charge < -0.3 is 15.7 Å². The summed E-state index contributed by atoms with van der Waals surface area (Å²) in [7, 11) is 0. The van der Waals surface area contributed by atoms with Crippen molar-refractivity contribution in [2.24, 2.45) is 0 Å². The highest BCUT2D eigenvalue weighted by atomic mass is 35.5. The summed E-state index contributed by atoms with van der Waals surface area (Å²) >= 11 is 7.98. The van der Waals surface area contributed by atoms with Crippen molar-refractivity contribution in [2.75, 3.05) is 17.2 Å². The van der Waals surface area contributed by atoms with Crippen molar-refractivity contribution in [3.05, 3.63) is 35.4 Å². The molecule has 0 saturated carbocycles. The van der Waals surface area contributed by atoms with Gasteiger partial charge in [0, 0.05) is 22.7 Å². The average molecular weight is 323 g/mol. The van der Waals surface area contributed by atoms with Crippen LogP contribution in [0.25, 0.3) is 10.4 Å². The van der Waals surface area contributed by atoms with Crippen molar-refractivity contribution >= 4 is 33.6 Å². The minimum Gasteiger partial charge on any atom is -0.391 e. The molecule has 2 aromatic rings. The molecule has 0 aliphatic carbocycles. The third-order valence-corrected chi connectivity index (χ3v) is 5.66.